The van der Waals surface area contributed by atoms with Crippen molar-refractivity contribution < 1.29 is 9.59 Å². The number of rotatable bonds is 8. The van der Waals surface area contributed by atoms with E-state index in [1.165, 1.54) is 36.0 Å². The van der Waals surface area contributed by atoms with Gasteiger partial charge in [-0.1, -0.05) is 43.5 Å². The first-order valence-corrected chi connectivity index (χ1v) is 14.3. The van der Waals surface area contributed by atoms with E-state index in [-0.39, 0.29) is 29.7 Å². The smallest absolute Gasteiger partial charge is 0.226 e. The summed E-state index contributed by atoms with van der Waals surface area (Å²) in [5.41, 5.74) is 3.97. The van der Waals surface area contributed by atoms with Crippen LogP contribution in [-0.2, 0) is 22.6 Å². The molecule has 3 aliphatic rings. The third-order valence-corrected chi connectivity index (χ3v) is 9.02. The molecule has 1 aromatic carbocycles. The number of carbonyl (C=O) groups is 2. The molecule has 3 unspecified atom stereocenters. The fourth-order valence-corrected chi connectivity index (χ4v) is 6.64. The van der Waals surface area contributed by atoms with Crippen LogP contribution in [-0.4, -0.2) is 47.8 Å². The van der Waals surface area contributed by atoms with Gasteiger partial charge in [-0.15, -0.1) is 0 Å². The number of amides is 1. The minimum absolute atomic E-state index is 0.0641. The predicted octanol–water partition coefficient (Wildman–Crippen LogP) is 5.07. The molecule has 1 N–H and O–H groups in total. The number of fused-ring (bicyclic) bond motifs is 1. The van der Waals surface area contributed by atoms with E-state index in [0.29, 0.717) is 12.3 Å². The number of nitrogens with one attached hydrogen (secondary N) is 1. The molecule has 2 fully saturated rings. The quantitative estimate of drug-likeness (QED) is 0.546. The van der Waals surface area contributed by atoms with Crippen molar-refractivity contribution in [2.75, 3.05) is 25.0 Å². The van der Waals surface area contributed by atoms with Crippen LogP contribution in [0.4, 0.5) is 5.82 Å². The van der Waals surface area contributed by atoms with Gasteiger partial charge in [0.05, 0.1) is 12.1 Å². The molecule has 3 atom stereocenters. The Balaban J connectivity index is 1.35. The molecule has 2 aromatic rings. The number of anilines is 1. The van der Waals surface area contributed by atoms with Crippen molar-refractivity contribution in [3.05, 3.63) is 59.3 Å². The second-order valence-electron chi connectivity index (χ2n) is 11.3. The van der Waals surface area contributed by atoms with Crippen molar-refractivity contribution in [2.24, 2.45) is 11.8 Å². The van der Waals surface area contributed by atoms with Gasteiger partial charge in [-0.25, -0.2) is 4.98 Å². The van der Waals surface area contributed by atoms with Crippen LogP contribution in [0.3, 0.4) is 0 Å². The highest BCUT2D eigenvalue weighted by atomic mass is 16.2. The van der Waals surface area contributed by atoms with E-state index >= 15 is 0 Å². The number of Topliss-reactive ketones (excluding diaryl/α,β-unsaturated/α-hetero) is 1. The highest BCUT2D eigenvalue weighted by Crippen LogP contribution is 2.39. The van der Waals surface area contributed by atoms with Gasteiger partial charge < -0.3 is 15.1 Å². The first-order valence-electron chi connectivity index (χ1n) is 14.3. The molecule has 0 bridgehead atoms. The normalized spacial score (nSPS) is 21.9. The molecule has 1 amide bonds. The lowest BCUT2D eigenvalue weighted by Crippen LogP contribution is -2.42. The van der Waals surface area contributed by atoms with Gasteiger partial charge in [0.25, 0.3) is 0 Å². The molecular weight excluding hydrogens is 460 g/mol. The van der Waals surface area contributed by atoms with Crippen LogP contribution < -0.4 is 10.2 Å². The Hall–Kier alpha value is -2.73. The van der Waals surface area contributed by atoms with Gasteiger partial charge in [0, 0.05) is 38.2 Å². The van der Waals surface area contributed by atoms with Crippen LogP contribution in [0.2, 0.25) is 0 Å². The number of ketones is 1. The lowest BCUT2D eigenvalue weighted by Gasteiger charge is -2.35. The Morgan fingerprint density at radius 2 is 1.81 bits per heavy atom. The van der Waals surface area contributed by atoms with Gasteiger partial charge >= 0.3 is 0 Å². The molecule has 5 rings (SSSR count). The summed E-state index contributed by atoms with van der Waals surface area (Å²) in [6.07, 6.45) is 11.0. The number of hydrogen-bond acceptors (Lipinski definition) is 5. The van der Waals surface area contributed by atoms with Crippen molar-refractivity contribution in [1.29, 1.82) is 0 Å². The van der Waals surface area contributed by atoms with Crippen molar-refractivity contribution in [3.8, 4) is 0 Å². The van der Waals surface area contributed by atoms with E-state index in [1.807, 2.05) is 20.2 Å². The fourth-order valence-electron chi connectivity index (χ4n) is 6.64. The summed E-state index contributed by atoms with van der Waals surface area (Å²) in [6, 6.07) is 12.8. The minimum atomic E-state index is -0.217. The molecule has 1 aliphatic carbocycles. The number of hydrogen-bond donors (Lipinski definition) is 1. The summed E-state index contributed by atoms with van der Waals surface area (Å²) >= 11 is 0. The summed E-state index contributed by atoms with van der Waals surface area (Å²) in [4.78, 5) is 36.3. The molecular formula is C31H42N4O2. The molecule has 0 spiro atoms. The molecule has 37 heavy (non-hydrogen) atoms. The standard InChI is InChI=1S/C31H42N4O2/c1-22(32-2)29(36)20-27(24-10-4-3-5-11-24)31(37)35-17-8-13-28(35)25-14-16-33-30(19-25)34-18-15-23-9-6-7-12-26(23)21-34/h6-7,9,12,14,16,19,22,24,27-28,32H,3-5,8,10-11,13,15,17-18,20-21H2,1-2H3. The van der Waals surface area contributed by atoms with Gasteiger partial charge in [-0.3, -0.25) is 9.59 Å². The molecule has 2 aliphatic heterocycles. The SMILES string of the molecule is CNC(C)C(=O)CC(C(=O)N1CCCC1c1ccnc(N2CCc3ccccc3C2)c1)C1CCCCC1. The van der Waals surface area contributed by atoms with Gasteiger partial charge in [-0.05, 0) is 80.8 Å². The van der Waals surface area contributed by atoms with E-state index in [4.69, 9.17) is 4.98 Å². The molecule has 1 aromatic heterocycles. The van der Waals surface area contributed by atoms with E-state index in [1.54, 1.807) is 0 Å². The molecule has 6 heteroatoms. The van der Waals surface area contributed by atoms with Crippen LogP contribution in [0, 0.1) is 11.8 Å². The Labute approximate surface area is 221 Å². The Morgan fingerprint density at radius 3 is 2.59 bits per heavy atom. The van der Waals surface area contributed by atoms with Crippen LogP contribution >= 0.6 is 0 Å². The average molecular weight is 503 g/mol. The topological polar surface area (TPSA) is 65.5 Å². The van der Waals surface area contributed by atoms with E-state index in [2.05, 4.69) is 51.5 Å². The lowest BCUT2D eigenvalue weighted by molar-refractivity contribution is -0.141. The van der Waals surface area contributed by atoms with E-state index < -0.39 is 0 Å². The molecule has 198 valence electrons. The van der Waals surface area contributed by atoms with Crippen molar-refractivity contribution in [3.63, 3.8) is 0 Å². The van der Waals surface area contributed by atoms with Crippen LogP contribution in [0.25, 0.3) is 0 Å². The molecule has 0 radical (unpaired) electrons. The van der Waals surface area contributed by atoms with Crippen LogP contribution in [0.15, 0.2) is 42.6 Å². The summed E-state index contributed by atoms with van der Waals surface area (Å²) in [5.74, 6) is 1.45. The summed E-state index contributed by atoms with van der Waals surface area (Å²) in [5, 5.41) is 3.07. The molecule has 1 saturated heterocycles. The third-order valence-electron chi connectivity index (χ3n) is 9.02. The van der Waals surface area contributed by atoms with Gasteiger partial charge in [0.15, 0.2) is 0 Å². The van der Waals surface area contributed by atoms with Crippen molar-refractivity contribution in [2.45, 2.75) is 83.3 Å². The minimum Gasteiger partial charge on any atom is -0.352 e. The highest BCUT2D eigenvalue weighted by molar-refractivity contribution is 5.90. The maximum Gasteiger partial charge on any atom is 0.226 e. The monoisotopic (exact) mass is 502 g/mol. The van der Waals surface area contributed by atoms with E-state index in [0.717, 1.165) is 57.6 Å². The van der Waals surface area contributed by atoms with Crippen molar-refractivity contribution in [1.82, 2.24) is 15.2 Å². The maximum atomic E-state index is 14.1. The number of pyridine rings is 1. The Bertz CT molecular complexity index is 1100. The zero-order valence-electron chi connectivity index (χ0n) is 22.5. The second kappa shape index (κ2) is 11.8. The van der Waals surface area contributed by atoms with Crippen molar-refractivity contribution >= 4 is 17.5 Å². The maximum absolute atomic E-state index is 14.1. The fraction of sp³-hybridized carbons (Fsp3) is 0.581. The van der Waals surface area contributed by atoms with Gasteiger partial charge in [-0.2, -0.15) is 0 Å². The first kappa shape index (κ1) is 25.9. The Morgan fingerprint density at radius 1 is 1.03 bits per heavy atom. The summed E-state index contributed by atoms with van der Waals surface area (Å²) in [7, 11) is 1.82. The second-order valence-corrected chi connectivity index (χ2v) is 11.3. The third kappa shape index (κ3) is 5.74. The molecule has 6 nitrogen and oxygen atoms in total. The number of likely N-dealkylation sites (N-methyl/N-ethyl adjacent to an activating group) is 1. The number of carbonyl (C=O) groups excluding carboxylic acids is 2. The summed E-state index contributed by atoms with van der Waals surface area (Å²) in [6.45, 7) is 4.50. The Kier molecular flexibility index (Phi) is 8.23. The molecule has 1 saturated carbocycles. The van der Waals surface area contributed by atoms with E-state index in [9.17, 15) is 9.59 Å². The number of nitrogens with zero attached hydrogens (tertiary/aromatic N) is 3. The zero-order valence-corrected chi connectivity index (χ0v) is 22.5. The van der Waals surface area contributed by atoms with Crippen LogP contribution in [0.5, 0.6) is 0 Å². The van der Waals surface area contributed by atoms with Crippen LogP contribution in [0.1, 0.15) is 81.0 Å². The highest BCUT2D eigenvalue weighted by Gasteiger charge is 2.39. The summed E-state index contributed by atoms with van der Waals surface area (Å²) < 4.78 is 0. The molecule has 3 heterocycles. The number of likely N-dealkylation sites (tertiary alicyclic amines) is 1. The number of benzene rings is 1. The first-order chi connectivity index (χ1) is 18.0. The largest absolute Gasteiger partial charge is 0.352 e. The predicted molar refractivity (Wildman–Crippen MR) is 147 cm³/mol. The zero-order chi connectivity index (χ0) is 25.8. The number of aromatic nitrogens is 1. The van der Waals surface area contributed by atoms with Gasteiger partial charge in [0.1, 0.15) is 11.6 Å². The van der Waals surface area contributed by atoms with Gasteiger partial charge in [0.2, 0.25) is 5.91 Å². The lowest BCUT2D eigenvalue weighted by atomic mass is 9.76. The average Bonchev–Trinajstić information content (AvgIpc) is 3.45.